The number of rotatable bonds is 6. The van der Waals surface area contributed by atoms with Crippen LogP contribution >= 0.6 is 23.1 Å². The fraction of sp³-hybridized carbons (Fsp3) is 0.182. The predicted octanol–water partition coefficient (Wildman–Crippen LogP) is 4.46. The fourth-order valence-electron chi connectivity index (χ4n) is 2.99. The van der Waals surface area contributed by atoms with Crippen molar-refractivity contribution in [1.29, 1.82) is 0 Å². The van der Waals surface area contributed by atoms with Crippen LogP contribution in [0.4, 0.5) is 5.13 Å². The molecule has 0 aliphatic heterocycles. The van der Waals surface area contributed by atoms with E-state index in [2.05, 4.69) is 10.3 Å². The summed E-state index contributed by atoms with van der Waals surface area (Å²) in [5, 5.41) is 6.42. The highest BCUT2D eigenvalue weighted by Crippen LogP contribution is 2.25. The van der Waals surface area contributed by atoms with E-state index in [1.165, 1.54) is 35.6 Å². The van der Waals surface area contributed by atoms with Gasteiger partial charge >= 0.3 is 0 Å². The minimum absolute atomic E-state index is 0.0547. The van der Waals surface area contributed by atoms with Gasteiger partial charge in [0.25, 0.3) is 5.56 Å². The van der Waals surface area contributed by atoms with E-state index in [1.807, 2.05) is 60.8 Å². The molecule has 0 aliphatic carbocycles. The van der Waals surface area contributed by atoms with Crippen molar-refractivity contribution < 1.29 is 4.79 Å². The molecule has 2 aromatic heterocycles. The largest absolute Gasteiger partial charge is 0.302 e. The van der Waals surface area contributed by atoms with E-state index in [1.54, 1.807) is 4.57 Å². The monoisotopic (exact) mass is 436 g/mol. The van der Waals surface area contributed by atoms with Crippen LogP contribution in [-0.4, -0.2) is 20.4 Å². The zero-order valence-corrected chi connectivity index (χ0v) is 18.2. The second kappa shape index (κ2) is 8.81. The smallest absolute Gasteiger partial charge is 0.262 e. The minimum atomic E-state index is -0.147. The number of hydrogen-bond donors (Lipinski definition) is 1. The van der Waals surface area contributed by atoms with Crippen molar-refractivity contribution >= 4 is 45.0 Å². The van der Waals surface area contributed by atoms with Crippen LogP contribution in [0.2, 0.25) is 0 Å². The van der Waals surface area contributed by atoms with Crippen molar-refractivity contribution in [2.24, 2.45) is 0 Å². The van der Waals surface area contributed by atoms with Crippen LogP contribution < -0.4 is 10.9 Å². The van der Waals surface area contributed by atoms with E-state index in [9.17, 15) is 9.59 Å². The number of hydrogen-bond acceptors (Lipinski definition) is 6. The number of thioether (sulfide) groups is 1. The molecule has 0 fully saturated rings. The fourth-order valence-corrected chi connectivity index (χ4v) is 4.75. The van der Waals surface area contributed by atoms with Gasteiger partial charge in [-0.2, -0.15) is 0 Å². The Morgan fingerprint density at radius 2 is 1.90 bits per heavy atom. The zero-order valence-electron chi connectivity index (χ0n) is 16.6. The summed E-state index contributed by atoms with van der Waals surface area (Å²) in [6, 6.07) is 15.6. The Kier molecular flexibility index (Phi) is 5.96. The zero-order chi connectivity index (χ0) is 21.1. The van der Waals surface area contributed by atoms with Crippen molar-refractivity contribution in [1.82, 2.24) is 14.5 Å². The number of carbonyl (C=O) groups is 1. The van der Waals surface area contributed by atoms with Crippen molar-refractivity contribution in [3.05, 3.63) is 81.1 Å². The number of thiazole rings is 1. The van der Waals surface area contributed by atoms with Gasteiger partial charge in [0, 0.05) is 18.1 Å². The lowest BCUT2D eigenvalue weighted by atomic mass is 10.1. The standard InChI is InChI=1S/C22H20N4O2S2/c1-14-7-9-16(10-8-14)11-26-20(28)18-5-3-4-6-19(18)25-22(26)30-13-17-12-29-21(24-17)23-15(2)27/h3-10,12H,11,13H2,1-2H3,(H,23,24,27). The Labute approximate surface area is 182 Å². The number of nitrogens with zero attached hydrogens (tertiary/aromatic N) is 3. The van der Waals surface area contributed by atoms with Crippen LogP contribution in [0, 0.1) is 6.92 Å². The molecule has 8 heteroatoms. The molecule has 0 saturated heterocycles. The minimum Gasteiger partial charge on any atom is -0.302 e. The van der Waals surface area contributed by atoms with Gasteiger partial charge in [-0.3, -0.25) is 14.2 Å². The van der Waals surface area contributed by atoms with E-state index >= 15 is 0 Å². The molecule has 2 heterocycles. The van der Waals surface area contributed by atoms with Crippen molar-refractivity contribution in [3.8, 4) is 0 Å². The summed E-state index contributed by atoms with van der Waals surface area (Å²) in [5.74, 6) is 0.404. The topological polar surface area (TPSA) is 76.9 Å². The molecule has 0 saturated carbocycles. The second-order valence-electron chi connectivity index (χ2n) is 6.90. The first-order valence-electron chi connectivity index (χ1n) is 9.39. The molecule has 0 bridgehead atoms. The number of carbonyl (C=O) groups excluding carboxylic acids is 1. The highest BCUT2D eigenvalue weighted by Gasteiger charge is 2.13. The summed E-state index contributed by atoms with van der Waals surface area (Å²) in [4.78, 5) is 33.6. The van der Waals surface area contributed by atoms with Gasteiger partial charge in [0.15, 0.2) is 10.3 Å². The number of nitrogens with one attached hydrogen (secondary N) is 1. The first kappa shape index (κ1) is 20.3. The third-order valence-corrected chi connectivity index (χ3v) is 6.29. The average molecular weight is 437 g/mol. The summed E-state index contributed by atoms with van der Waals surface area (Å²) in [6.45, 7) is 3.95. The molecule has 4 aromatic rings. The van der Waals surface area contributed by atoms with Gasteiger partial charge in [-0.05, 0) is 24.6 Å². The average Bonchev–Trinajstić information content (AvgIpc) is 3.17. The molecule has 1 N–H and O–H groups in total. The van der Waals surface area contributed by atoms with Gasteiger partial charge in [-0.1, -0.05) is 53.7 Å². The molecule has 2 aromatic carbocycles. The van der Waals surface area contributed by atoms with Gasteiger partial charge in [0.1, 0.15) is 0 Å². The van der Waals surface area contributed by atoms with Crippen LogP contribution in [-0.2, 0) is 17.1 Å². The van der Waals surface area contributed by atoms with Gasteiger partial charge in [0.05, 0.1) is 23.1 Å². The highest BCUT2D eigenvalue weighted by atomic mass is 32.2. The number of amides is 1. The van der Waals surface area contributed by atoms with Gasteiger partial charge < -0.3 is 5.32 Å². The Bertz CT molecular complexity index is 1260. The van der Waals surface area contributed by atoms with Crippen LogP contribution in [0.5, 0.6) is 0 Å². The predicted molar refractivity (Wildman–Crippen MR) is 122 cm³/mol. The second-order valence-corrected chi connectivity index (χ2v) is 8.70. The maximum absolute atomic E-state index is 13.2. The molecular formula is C22H20N4O2S2. The molecule has 0 radical (unpaired) electrons. The normalized spacial score (nSPS) is 11.0. The van der Waals surface area contributed by atoms with E-state index in [4.69, 9.17) is 4.98 Å². The summed E-state index contributed by atoms with van der Waals surface area (Å²) < 4.78 is 1.72. The number of fused-ring (bicyclic) bond motifs is 1. The molecule has 0 unspecified atom stereocenters. The Morgan fingerprint density at radius 1 is 1.13 bits per heavy atom. The highest BCUT2D eigenvalue weighted by molar-refractivity contribution is 7.98. The van der Waals surface area contributed by atoms with Gasteiger partial charge in [-0.25, -0.2) is 9.97 Å². The maximum Gasteiger partial charge on any atom is 0.262 e. The molecule has 0 spiro atoms. The van der Waals surface area contributed by atoms with Crippen LogP contribution in [0.15, 0.2) is 63.9 Å². The third kappa shape index (κ3) is 4.60. The molecule has 0 aliphatic rings. The van der Waals surface area contributed by atoms with E-state index in [0.717, 1.165) is 11.3 Å². The summed E-state index contributed by atoms with van der Waals surface area (Å²) in [6.07, 6.45) is 0. The maximum atomic E-state index is 13.2. The number of para-hydroxylation sites is 1. The summed E-state index contributed by atoms with van der Waals surface area (Å²) in [5.41, 5.74) is 3.68. The number of benzene rings is 2. The first-order valence-corrected chi connectivity index (χ1v) is 11.3. The quantitative estimate of drug-likeness (QED) is 0.357. The molecule has 30 heavy (non-hydrogen) atoms. The molecule has 0 atom stereocenters. The molecule has 4 rings (SSSR count). The molecule has 152 valence electrons. The van der Waals surface area contributed by atoms with Gasteiger partial charge in [0.2, 0.25) is 5.91 Å². The van der Waals surface area contributed by atoms with Crippen molar-refractivity contribution in [2.75, 3.05) is 5.32 Å². The Hall–Kier alpha value is -2.97. The van der Waals surface area contributed by atoms with Crippen LogP contribution in [0.3, 0.4) is 0 Å². The lowest BCUT2D eigenvalue weighted by Crippen LogP contribution is -2.24. The van der Waals surface area contributed by atoms with Crippen LogP contribution in [0.25, 0.3) is 10.9 Å². The summed E-state index contributed by atoms with van der Waals surface area (Å²) >= 11 is 2.85. The lowest BCUT2D eigenvalue weighted by molar-refractivity contribution is -0.114. The number of aryl methyl sites for hydroxylation is 1. The van der Waals surface area contributed by atoms with Crippen LogP contribution in [0.1, 0.15) is 23.7 Å². The van der Waals surface area contributed by atoms with Gasteiger partial charge in [-0.15, -0.1) is 11.3 Å². The van der Waals surface area contributed by atoms with E-state index in [0.29, 0.717) is 33.5 Å². The Balaban J connectivity index is 1.66. The number of anilines is 1. The SMILES string of the molecule is CC(=O)Nc1nc(CSc2nc3ccccc3c(=O)n2Cc2ccc(C)cc2)cs1. The summed E-state index contributed by atoms with van der Waals surface area (Å²) in [7, 11) is 0. The third-order valence-electron chi connectivity index (χ3n) is 4.47. The first-order chi connectivity index (χ1) is 14.5. The molecule has 1 amide bonds. The number of aromatic nitrogens is 3. The Morgan fingerprint density at radius 3 is 2.67 bits per heavy atom. The van der Waals surface area contributed by atoms with Crippen molar-refractivity contribution in [3.63, 3.8) is 0 Å². The van der Waals surface area contributed by atoms with E-state index in [-0.39, 0.29) is 11.5 Å². The van der Waals surface area contributed by atoms with Crippen molar-refractivity contribution in [2.45, 2.75) is 31.3 Å². The van der Waals surface area contributed by atoms with E-state index < -0.39 is 0 Å². The molecule has 6 nitrogen and oxygen atoms in total. The lowest BCUT2D eigenvalue weighted by Gasteiger charge is -2.13. The molecular weight excluding hydrogens is 416 g/mol.